The number of pyridine rings is 1. The summed E-state index contributed by atoms with van der Waals surface area (Å²) in [4.78, 5) is 21.8. The van der Waals surface area contributed by atoms with E-state index in [1.54, 1.807) is 44.3 Å². The molecule has 1 amide bonds. The van der Waals surface area contributed by atoms with Crippen LogP contribution in [0.15, 0.2) is 42.6 Å². The number of hydrogen-bond acceptors (Lipinski definition) is 7. The van der Waals surface area contributed by atoms with E-state index in [4.69, 9.17) is 9.47 Å². The highest BCUT2D eigenvalue weighted by Crippen LogP contribution is 2.27. The maximum atomic E-state index is 13.4. The zero-order chi connectivity index (χ0) is 25.6. The Morgan fingerprint density at radius 1 is 1.20 bits per heavy atom. The number of benzene rings is 1. The molecule has 0 bridgehead atoms. The van der Waals surface area contributed by atoms with E-state index >= 15 is 0 Å². The summed E-state index contributed by atoms with van der Waals surface area (Å²) in [6.45, 7) is 7.89. The van der Waals surface area contributed by atoms with E-state index in [1.807, 2.05) is 18.2 Å². The molecule has 192 valence electrons. The zero-order valence-corrected chi connectivity index (χ0v) is 21.9. The van der Waals surface area contributed by atoms with Gasteiger partial charge in [-0.2, -0.15) is 0 Å². The number of rotatable bonds is 6. The van der Waals surface area contributed by atoms with E-state index in [2.05, 4.69) is 28.5 Å². The van der Waals surface area contributed by atoms with Crippen molar-refractivity contribution < 1.29 is 22.7 Å². The monoisotopic (exact) mass is 504 g/mol. The highest BCUT2D eigenvalue weighted by atomic mass is 32.2. The van der Waals surface area contributed by atoms with Gasteiger partial charge in [0, 0.05) is 51.7 Å². The fourth-order valence-corrected chi connectivity index (χ4v) is 4.72. The molecule has 3 atom stereocenters. The molecule has 10 heteroatoms. The lowest BCUT2D eigenvalue weighted by Gasteiger charge is -2.35. The highest BCUT2D eigenvalue weighted by Gasteiger charge is 2.28. The van der Waals surface area contributed by atoms with Crippen molar-refractivity contribution in [1.82, 2.24) is 14.8 Å². The van der Waals surface area contributed by atoms with Crippen LogP contribution in [0, 0.1) is 5.92 Å². The first-order chi connectivity index (χ1) is 16.6. The minimum Gasteiger partial charge on any atom is -0.491 e. The minimum atomic E-state index is -3.48. The molecule has 1 aromatic carbocycles. The maximum Gasteiger partial charge on any atom is 0.257 e. The lowest BCUT2D eigenvalue weighted by Crippen LogP contribution is -2.46. The fourth-order valence-electron chi connectivity index (χ4n) is 4.09. The van der Waals surface area contributed by atoms with E-state index in [9.17, 15) is 13.2 Å². The Morgan fingerprint density at radius 3 is 2.63 bits per heavy atom. The Kier molecular flexibility index (Phi) is 9.09. The maximum absolute atomic E-state index is 13.4. The van der Waals surface area contributed by atoms with Crippen LogP contribution in [-0.4, -0.2) is 80.9 Å². The first-order valence-electron chi connectivity index (χ1n) is 11.8. The number of anilines is 1. The number of fused-ring (bicyclic) bond motifs is 1. The third-order valence-electron chi connectivity index (χ3n) is 6.32. The van der Waals surface area contributed by atoms with Gasteiger partial charge in [-0.3, -0.25) is 19.4 Å². The summed E-state index contributed by atoms with van der Waals surface area (Å²) in [5, 5.41) is 0. The third-order valence-corrected chi connectivity index (χ3v) is 7.63. The van der Waals surface area contributed by atoms with Crippen molar-refractivity contribution in [2.45, 2.75) is 39.5 Å². The molecule has 1 N–H and O–H groups in total. The van der Waals surface area contributed by atoms with Gasteiger partial charge in [0.1, 0.15) is 12.4 Å². The molecule has 3 rings (SSSR count). The van der Waals surface area contributed by atoms with Gasteiger partial charge < -0.3 is 14.4 Å². The van der Waals surface area contributed by atoms with Gasteiger partial charge in [0.15, 0.2) is 0 Å². The topological polar surface area (TPSA) is 101 Å². The standard InChI is InChI=1S/C25H36N4O5S/c1-6-35(31,32)27-20-10-11-23-22(13-20)25(30)28(4)16-24(33-5)18(2)14-29(19(3)17-34-23)15-21-9-7-8-12-26-21/h7-13,18-19,24,27H,6,14-17H2,1-5H3/t18-,19+,24-/m1/s1. The summed E-state index contributed by atoms with van der Waals surface area (Å²) in [5.74, 6) is 0.216. The number of likely N-dealkylation sites (N-methyl/N-ethyl adjacent to an activating group) is 1. The Hall–Kier alpha value is -2.69. The van der Waals surface area contributed by atoms with Gasteiger partial charge in [0.05, 0.1) is 23.1 Å². The van der Waals surface area contributed by atoms with Crippen molar-refractivity contribution in [3.8, 4) is 5.75 Å². The summed E-state index contributed by atoms with van der Waals surface area (Å²) in [6, 6.07) is 10.7. The smallest absolute Gasteiger partial charge is 0.257 e. The van der Waals surface area contributed by atoms with Crippen molar-refractivity contribution in [2.75, 3.05) is 44.3 Å². The van der Waals surface area contributed by atoms with Crippen molar-refractivity contribution in [3.05, 3.63) is 53.9 Å². The zero-order valence-electron chi connectivity index (χ0n) is 21.1. The molecule has 35 heavy (non-hydrogen) atoms. The Balaban J connectivity index is 1.95. The number of carbonyl (C=O) groups excluding carboxylic acids is 1. The number of nitrogens with one attached hydrogen (secondary N) is 1. The van der Waals surface area contributed by atoms with Crippen LogP contribution < -0.4 is 9.46 Å². The number of ether oxygens (including phenoxy) is 2. The van der Waals surface area contributed by atoms with Crippen LogP contribution in [0.4, 0.5) is 5.69 Å². The Morgan fingerprint density at radius 2 is 1.97 bits per heavy atom. The fraction of sp³-hybridized carbons (Fsp3) is 0.520. The Bertz CT molecular complexity index is 1100. The molecule has 0 saturated carbocycles. The van der Waals surface area contributed by atoms with Crippen molar-refractivity contribution >= 4 is 21.6 Å². The van der Waals surface area contributed by atoms with Crippen LogP contribution in [0.1, 0.15) is 36.8 Å². The molecule has 0 radical (unpaired) electrons. The average molecular weight is 505 g/mol. The first-order valence-corrected chi connectivity index (χ1v) is 13.5. The third kappa shape index (κ3) is 7.16. The second kappa shape index (κ2) is 11.8. The predicted molar refractivity (Wildman–Crippen MR) is 136 cm³/mol. The van der Waals surface area contributed by atoms with E-state index in [-0.39, 0.29) is 29.7 Å². The summed E-state index contributed by atoms with van der Waals surface area (Å²) in [5.41, 5.74) is 1.59. The molecule has 1 aliphatic heterocycles. The molecule has 0 spiro atoms. The van der Waals surface area contributed by atoms with Crippen LogP contribution in [0.5, 0.6) is 5.75 Å². The molecule has 0 saturated heterocycles. The first kappa shape index (κ1) is 26.9. The number of aromatic nitrogens is 1. The minimum absolute atomic E-state index is 0.0235. The molecule has 9 nitrogen and oxygen atoms in total. The Labute approximate surface area is 208 Å². The van der Waals surface area contributed by atoms with Gasteiger partial charge in [-0.15, -0.1) is 0 Å². The predicted octanol–water partition coefficient (Wildman–Crippen LogP) is 2.85. The van der Waals surface area contributed by atoms with Crippen molar-refractivity contribution in [3.63, 3.8) is 0 Å². The van der Waals surface area contributed by atoms with Gasteiger partial charge in [-0.1, -0.05) is 13.0 Å². The van der Waals surface area contributed by atoms with Crippen LogP contribution in [0.25, 0.3) is 0 Å². The molecule has 0 unspecified atom stereocenters. The van der Waals surface area contributed by atoms with Gasteiger partial charge in [-0.05, 0) is 50.1 Å². The SMILES string of the molecule is CCS(=O)(=O)Nc1ccc2c(c1)C(=O)N(C)C[C@@H](OC)[C@H](C)CN(Cc1ccccn1)[C@@H](C)CO2. The van der Waals surface area contributed by atoms with Crippen molar-refractivity contribution in [1.29, 1.82) is 0 Å². The van der Waals surface area contributed by atoms with Gasteiger partial charge >= 0.3 is 0 Å². The van der Waals surface area contributed by atoms with Crippen molar-refractivity contribution in [2.24, 2.45) is 5.92 Å². The van der Waals surface area contributed by atoms with E-state index in [1.165, 1.54) is 6.07 Å². The van der Waals surface area contributed by atoms with Crippen LogP contribution in [0.2, 0.25) is 0 Å². The van der Waals surface area contributed by atoms with E-state index in [0.717, 1.165) is 12.2 Å². The number of hydrogen-bond donors (Lipinski definition) is 1. The molecule has 2 heterocycles. The van der Waals surface area contributed by atoms with Gasteiger partial charge in [-0.25, -0.2) is 8.42 Å². The van der Waals surface area contributed by atoms with Gasteiger partial charge in [0.25, 0.3) is 5.91 Å². The number of methoxy groups -OCH3 is 1. The average Bonchev–Trinajstić information content (AvgIpc) is 2.85. The molecule has 0 aliphatic carbocycles. The van der Waals surface area contributed by atoms with E-state index in [0.29, 0.717) is 36.7 Å². The van der Waals surface area contributed by atoms with E-state index < -0.39 is 10.0 Å². The lowest BCUT2D eigenvalue weighted by molar-refractivity contribution is 0.00901. The van der Waals surface area contributed by atoms with Crippen LogP contribution >= 0.6 is 0 Å². The number of sulfonamides is 1. The molecule has 1 aliphatic rings. The number of carbonyl (C=O) groups is 1. The summed E-state index contributed by atoms with van der Waals surface area (Å²) in [6.07, 6.45) is 1.60. The molecular weight excluding hydrogens is 468 g/mol. The quantitative estimate of drug-likeness (QED) is 0.646. The molecule has 0 fully saturated rings. The molecular formula is C25H36N4O5S. The number of nitrogens with zero attached hydrogens (tertiary/aromatic N) is 3. The molecule has 1 aromatic heterocycles. The largest absolute Gasteiger partial charge is 0.491 e. The lowest BCUT2D eigenvalue weighted by atomic mass is 10.0. The van der Waals surface area contributed by atoms with Gasteiger partial charge in [0.2, 0.25) is 10.0 Å². The highest BCUT2D eigenvalue weighted by molar-refractivity contribution is 7.92. The van der Waals surface area contributed by atoms with Crippen LogP contribution in [-0.2, 0) is 21.3 Å². The summed E-state index contributed by atoms with van der Waals surface area (Å²) < 4.78 is 38.6. The summed E-state index contributed by atoms with van der Waals surface area (Å²) in [7, 11) is -0.109. The normalized spacial score (nSPS) is 22.5. The second-order valence-corrected chi connectivity index (χ2v) is 11.1. The second-order valence-electron chi connectivity index (χ2n) is 9.06. The van der Waals surface area contributed by atoms with Crippen LogP contribution in [0.3, 0.4) is 0 Å². The number of amides is 1. The molecule has 2 aromatic rings. The summed E-state index contributed by atoms with van der Waals surface area (Å²) >= 11 is 0.